The molecule has 0 spiro atoms. The molecule has 142 valence electrons. The molecule has 1 aromatic heterocycles. The first-order chi connectivity index (χ1) is 13.1. The molecule has 3 aliphatic rings. The van der Waals surface area contributed by atoms with Crippen LogP contribution in [0.5, 0.6) is 0 Å². The summed E-state index contributed by atoms with van der Waals surface area (Å²) in [5.74, 6) is 0. The van der Waals surface area contributed by atoms with Gasteiger partial charge in [0.1, 0.15) is 0 Å². The number of rotatable bonds is 2. The van der Waals surface area contributed by atoms with Crippen molar-refractivity contribution >= 4 is 0 Å². The Balaban J connectivity index is 1.52. The fourth-order valence-corrected chi connectivity index (χ4v) is 5.39. The standard InChI is InChI=1S/C23H28N2O2/c1-14-11-25(12-15(2)27-14)13-16-6-5-9-18-20(16)10-21-17-7-3-4-8-19(17)23(26)24-22(18)21/h5-6,9,14-15H,3-4,7-8,10-13H2,1-2H3,(H,24,26). The highest BCUT2D eigenvalue weighted by Gasteiger charge is 2.29. The minimum atomic E-state index is 0.137. The van der Waals surface area contributed by atoms with E-state index < -0.39 is 0 Å². The van der Waals surface area contributed by atoms with E-state index in [-0.39, 0.29) is 17.8 Å². The molecule has 1 N–H and O–H groups in total. The normalized spacial score (nSPS) is 24.4. The first-order valence-electron chi connectivity index (χ1n) is 10.4. The van der Waals surface area contributed by atoms with Crippen molar-refractivity contribution in [2.75, 3.05) is 13.1 Å². The summed E-state index contributed by atoms with van der Waals surface area (Å²) in [6.45, 7) is 7.23. The summed E-state index contributed by atoms with van der Waals surface area (Å²) in [7, 11) is 0. The summed E-state index contributed by atoms with van der Waals surface area (Å²) in [5.41, 5.74) is 9.04. The van der Waals surface area contributed by atoms with Crippen LogP contribution >= 0.6 is 0 Å². The number of ether oxygens (including phenoxy) is 1. The number of benzene rings is 1. The van der Waals surface area contributed by atoms with E-state index in [9.17, 15) is 4.79 Å². The van der Waals surface area contributed by atoms with Gasteiger partial charge in [0.2, 0.25) is 0 Å². The molecule has 2 unspecified atom stereocenters. The zero-order valence-electron chi connectivity index (χ0n) is 16.3. The van der Waals surface area contributed by atoms with Gasteiger partial charge in [-0.15, -0.1) is 0 Å². The van der Waals surface area contributed by atoms with Crippen LogP contribution in [-0.4, -0.2) is 35.2 Å². The number of H-pyrrole nitrogens is 1. The third-order valence-electron chi connectivity index (χ3n) is 6.43. The highest BCUT2D eigenvalue weighted by Crippen LogP contribution is 2.40. The topological polar surface area (TPSA) is 45.3 Å². The monoisotopic (exact) mass is 364 g/mol. The Morgan fingerprint density at radius 1 is 1.04 bits per heavy atom. The maximum absolute atomic E-state index is 12.6. The molecule has 2 aromatic rings. The van der Waals surface area contributed by atoms with E-state index in [1.165, 1.54) is 34.2 Å². The predicted molar refractivity (Wildman–Crippen MR) is 107 cm³/mol. The van der Waals surface area contributed by atoms with Crippen LogP contribution in [0.15, 0.2) is 23.0 Å². The van der Waals surface area contributed by atoms with E-state index in [0.29, 0.717) is 0 Å². The third kappa shape index (κ3) is 2.95. The maximum atomic E-state index is 12.6. The summed E-state index contributed by atoms with van der Waals surface area (Å²) in [6, 6.07) is 6.59. The highest BCUT2D eigenvalue weighted by atomic mass is 16.5. The number of fused-ring (bicyclic) bond motifs is 5. The molecule has 0 radical (unpaired) electrons. The van der Waals surface area contributed by atoms with Gasteiger partial charge < -0.3 is 9.72 Å². The van der Waals surface area contributed by atoms with Gasteiger partial charge in [0, 0.05) is 37.2 Å². The van der Waals surface area contributed by atoms with Crippen molar-refractivity contribution in [2.24, 2.45) is 0 Å². The molecule has 27 heavy (non-hydrogen) atoms. The summed E-state index contributed by atoms with van der Waals surface area (Å²) < 4.78 is 5.89. The number of morpholine rings is 1. The van der Waals surface area contributed by atoms with Crippen molar-refractivity contribution in [1.82, 2.24) is 9.88 Å². The zero-order valence-corrected chi connectivity index (χ0v) is 16.3. The molecule has 4 heteroatoms. The van der Waals surface area contributed by atoms with Crippen molar-refractivity contribution in [3.8, 4) is 11.3 Å². The summed E-state index contributed by atoms with van der Waals surface area (Å²) in [4.78, 5) is 18.4. The lowest BCUT2D eigenvalue weighted by molar-refractivity contribution is -0.0705. The molecule has 1 fully saturated rings. The van der Waals surface area contributed by atoms with Crippen LogP contribution in [0.25, 0.3) is 11.3 Å². The molecule has 1 saturated heterocycles. The van der Waals surface area contributed by atoms with Crippen molar-refractivity contribution < 1.29 is 4.74 Å². The Hall–Kier alpha value is -1.91. The molecule has 0 bridgehead atoms. The Morgan fingerprint density at radius 3 is 2.56 bits per heavy atom. The van der Waals surface area contributed by atoms with Crippen LogP contribution in [0.4, 0.5) is 0 Å². The average molecular weight is 364 g/mol. The molecule has 2 atom stereocenters. The number of hydrogen-bond acceptors (Lipinski definition) is 3. The molecular formula is C23H28N2O2. The van der Waals surface area contributed by atoms with Gasteiger partial charge in [-0.1, -0.05) is 18.2 Å². The third-order valence-corrected chi connectivity index (χ3v) is 6.43. The lowest BCUT2D eigenvalue weighted by Crippen LogP contribution is -2.44. The van der Waals surface area contributed by atoms with Gasteiger partial charge in [-0.25, -0.2) is 0 Å². The van der Waals surface area contributed by atoms with E-state index >= 15 is 0 Å². The van der Waals surface area contributed by atoms with E-state index in [2.05, 4.69) is 41.9 Å². The Morgan fingerprint density at radius 2 is 1.78 bits per heavy atom. The number of pyridine rings is 1. The van der Waals surface area contributed by atoms with Crippen molar-refractivity contribution in [1.29, 1.82) is 0 Å². The van der Waals surface area contributed by atoms with Gasteiger partial charge in [0.15, 0.2) is 0 Å². The van der Waals surface area contributed by atoms with E-state index in [1.807, 2.05) is 0 Å². The first kappa shape index (κ1) is 17.2. The fraction of sp³-hybridized carbons (Fsp3) is 0.522. The van der Waals surface area contributed by atoms with Crippen LogP contribution in [0.1, 0.15) is 54.5 Å². The van der Waals surface area contributed by atoms with E-state index in [0.717, 1.165) is 56.6 Å². The maximum Gasteiger partial charge on any atom is 0.251 e. The van der Waals surface area contributed by atoms with Crippen LogP contribution in [0.3, 0.4) is 0 Å². The smallest absolute Gasteiger partial charge is 0.251 e. The molecular weight excluding hydrogens is 336 g/mol. The predicted octanol–water partition coefficient (Wildman–Crippen LogP) is 3.43. The number of hydrogen-bond donors (Lipinski definition) is 1. The van der Waals surface area contributed by atoms with Crippen molar-refractivity contribution in [3.05, 3.63) is 56.4 Å². The second-order valence-electron chi connectivity index (χ2n) is 8.54. The van der Waals surface area contributed by atoms with Crippen LogP contribution in [0, 0.1) is 0 Å². The SMILES string of the molecule is CC1CN(Cc2cccc3c2Cc2c-3[nH]c(=O)c3c2CCCC3)CC(C)O1. The largest absolute Gasteiger partial charge is 0.373 e. The highest BCUT2D eigenvalue weighted by molar-refractivity contribution is 5.76. The number of aromatic nitrogens is 1. The van der Waals surface area contributed by atoms with Gasteiger partial charge in [-0.2, -0.15) is 0 Å². The average Bonchev–Trinajstić information content (AvgIpc) is 3.01. The second kappa shape index (κ2) is 6.61. The minimum absolute atomic E-state index is 0.137. The number of nitrogens with zero attached hydrogens (tertiary/aromatic N) is 1. The van der Waals surface area contributed by atoms with Gasteiger partial charge in [0.25, 0.3) is 5.56 Å². The molecule has 4 nitrogen and oxygen atoms in total. The molecule has 1 aliphatic heterocycles. The fourth-order valence-electron chi connectivity index (χ4n) is 5.39. The van der Waals surface area contributed by atoms with E-state index in [1.54, 1.807) is 0 Å². The molecule has 5 rings (SSSR count). The van der Waals surface area contributed by atoms with Crippen LogP contribution in [-0.2, 0) is 30.5 Å². The minimum Gasteiger partial charge on any atom is -0.373 e. The molecule has 2 heterocycles. The lowest BCUT2D eigenvalue weighted by atomic mass is 9.88. The second-order valence-corrected chi connectivity index (χ2v) is 8.54. The van der Waals surface area contributed by atoms with E-state index in [4.69, 9.17) is 4.74 Å². The van der Waals surface area contributed by atoms with Crippen molar-refractivity contribution in [2.45, 2.75) is 64.7 Å². The Bertz CT molecular complexity index is 936. The Labute approximate surface area is 160 Å². The molecule has 0 amide bonds. The van der Waals surface area contributed by atoms with Gasteiger partial charge >= 0.3 is 0 Å². The van der Waals surface area contributed by atoms with Gasteiger partial charge in [0.05, 0.1) is 17.9 Å². The van der Waals surface area contributed by atoms with Gasteiger partial charge in [-0.3, -0.25) is 9.69 Å². The zero-order chi connectivity index (χ0) is 18.5. The van der Waals surface area contributed by atoms with Crippen molar-refractivity contribution in [3.63, 3.8) is 0 Å². The quantitative estimate of drug-likeness (QED) is 0.758. The molecule has 2 aliphatic carbocycles. The van der Waals surface area contributed by atoms with Crippen LogP contribution < -0.4 is 5.56 Å². The van der Waals surface area contributed by atoms with Gasteiger partial charge in [-0.05, 0) is 61.8 Å². The van der Waals surface area contributed by atoms with Crippen LogP contribution in [0.2, 0.25) is 0 Å². The number of aromatic amines is 1. The summed E-state index contributed by atoms with van der Waals surface area (Å²) in [5, 5.41) is 0. The Kier molecular flexibility index (Phi) is 4.21. The number of nitrogens with one attached hydrogen (secondary N) is 1. The summed E-state index contributed by atoms with van der Waals surface area (Å²) >= 11 is 0. The molecule has 0 saturated carbocycles. The molecule has 1 aromatic carbocycles. The lowest BCUT2D eigenvalue weighted by Gasteiger charge is -2.35. The summed E-state index contributed by atoms with van der Waals surface area (Å²) in [6.07, 6.45) is 5.87. The first-order valence-corrected chi connectivity index (χ1v) is 10.4.